The van der Waals surface area contributed by atoms with Gasteiger partial charge in [-0.15, -0.1) is 11.3 Å². The SMILES string of the molecule is O=C1OC(C(=O)Nc2ncc(Cc3cc(Cl)ccc3Cl)s2)Cc2ccccc21. The number of aromatic nitrogens is 1. The first kappa shape index (κ1) is 18.9. The summed E-state index contributed by atoms with van der Waals surface area (Å²) in [6.45, 7) is 0. The van der Waals surface area contributed by atoms with Crippen molar-refractivity contribution in [2.24, 2.45) is 0 Å². The maximum absolute atomic E-state index is 12.5. The molecule has 8 heteroatoms. The summed E-state index contributed by atoms with van der Waals surface area (Å²) < 4.78 is 5.27. The molecule has 2 aromatic carbocycles. The third-order valence-electron chi connectivity index (χ3n) is 4.34. The molecule has 1 atom stereocenters. The second kappa shape index (κ2) is 7.91. The number of carbonyl (C=O) groups excluding carboxylic acids is 2. The van der Waals surface area contributed by atoms with Crippen LogP contribution in [0.2, 0.25) is 10.0 Å². The van der Waals surface area contributed by atoms with Crippen LogP contribution in [0.25, 0.3) is 0 Å². The Morgan fingerprint density at radius 3 is 2.93 bits per heavy atom. The molecular weight excluding hydrogens is 419 g/mol. The number of benzene rings is 2. The quantitative estimate of drug-likeness (QED) is 0.603. The number of cyclic esters (lactones) is 1. The van der Waals surface area contributed by atoms with Crippen LogP contribution in [-0.4, -0.2) is 23.0 Å². The Morgan fingerprint density at radius 1 is 1.25 bits per heavy atom. The van der Waals surface area contributed by atoms with E-state index < -0.39 is 18.0 Å². The number of fused-ring (bicyclic) bond motifs is 1. The van der Waals surface area contributed by atoms with Crippen molar-refractivity contribution in [1.82, 2.24) is 4.98 Å². The number of amides is 1. The molecule has 0 spiro atoms. The molecule has 28 heavy (non-hydrogen) atoms. The number of nitrogens with one attached hydrogen (secondary N) is 1. The summed E-state index contributed by atoms with van der Waals surface area (Å²) >= 11 is 13.6. The lowest BCUT2D eigenvalue weighted by atomic mass is 9.98. The van der Waals surface area contributed by atoms with E-state index in [1.165, 1.54) is 11.3 Å². The molecule has 1 aliphatic rings. The molecule has 1 amide bonds. The summed E-state index contributed by atoms with van der Waals surface area (Å²) in [6.07, 6.45) is 1.69. The molecule has 0 bridgehead atoms. The van der Waals surface area contributed by atoms with E-state index in [-0.39, 0.29) is 0 Å². The highest BCUT2D eigenvalue weighted by molar-refractivity contribution is 7.15. The second-order valence-corrected chi connectivity index (χ2v) is 8.25. The van der Waals surface area contributed by atoms with Gasteiger partial charge in [0.25, 0.3) is 5.91 Å². The van der Waals surface area contributed by atoms with Gasteiger partial charge in [0.2, 0.25) is 0 Å². The largest absolute Gasteiger partial charge is 0.448 e. The van der Waals surface area contributed by atoms with E-state index in [0.717, 1.165) is 16.0 Å². The lowest BCUT2D eigenvalue weighted by Crippen LogP contribution is -2.37. The van der Waals surface area contributed by atoms with E-state index in [1.807, 2.05) is 12.1 Å². The average molecular weight is 433 g/mol. The topological polar surface area (TPSA) is 68.3 Å². The number of anilines is 1. The van der Waals surface area contributed by atoms with Crippen LogP contribution < -0.4 is 5.32 Å². The number of nitrogens with zero attached hydrogens (tertiary/aromatic N) is 1. The summed E-state index contributed by atoms with van der Waals surface area (Å²) in [5.74, 6) is -0.887. The lowest BCUT2D eigenvalue weighted by Gasteiger charge is -2.23. The number of halogens is 2. The van der Waals surface area contributed by atoms with Gasteiger partial charge in [-0.3, -0.25) is 10.1 Å². The summed E-state index contributed by atoms with van der Waals surface area (Å²) in [5, 5.41) is 4.40. The van der Waals surface area contributed by atoms with Crippen molar-refractivity contribution >= 4 is 51.5 Å². The van der Waals surface area contributed by atoms with Gasteiger partial charge in [-0.1, -0.05) is 41.4 Å². The summed E-state index contributed by atoms with van der Waals surface area (Å²) in [4.78, 5) is 29.8. The third kappa shape index (κ3) is 4.04. The van der Waals surface area contributed by atoms with Crippen LogP contribution in [0.1, 0.15) is 26.4 Å². The zero-order chi connectivity index (χ0) is 19.7. The first-order valence-electron chi connectivity index (χ1n) is 8.48. The molecular formula is C20H14Cl2N2O3S. The Bertz CT molecular complexity index is 1070. The van der Waals surface area contributed by atoms with Gasteiger partial charge in [-0.05, 0) is 35.4 Å². The van der Waals surface area contributed by atoms with Gasteiger partial charge < -0.3 is 4.74 Å². The van der Waals surface area contributed by atoms with Crippen molar-refractivity contribution < 1.29 is 14.3 Å². The molecule has 1 unspecified atom stereocenters. The number of thiazole rings is 1. The molecule has 0 fully saturated rings. The van der Waals surface area contributed by atoms with Crippen molar-refractivity contribution in [3.05, 3.63) is 80.3 Å². The Balaban J connectivity index is 1.43. The zero-order valence-corrected chi connectivity index (χ0v) is 16.8. The van der Waals surface area contributed by atoms with Gasteiger partial charge in [-0.2, -0.15) is 0 Å². The van der Waals surface area contributed by atoms with Gasteiger partial charge in [0.1, 0.15) is 0 Å². The van der Waals surface area contributed by atoms with E-state index in [2.05, 4.69) is 10.3 Å². The Morgan fingerprint density at radius 2 is 2.07 bits per heavy atom. The number of ether oxygens (including phenoxy) is 1. The fourth-order valence-corrected chi connectivity index (χ4v) is 4.19. The number of esters is 1. The first-order chi connectivity index (χ1) is 13.5. The van der Waals surface area contributed by atoms with Crippen LogP contribution in [0, 0.1) is 0 Å². The Hall–Kier alpha value is -2.41. The van der Waals surface area contributed by atoms with Gasteiger partial charge in [0.15, 0.2) is 11.2 Å². The summed E-state index contributed by atoms with van der Waals surface area (Å²) in [6, 6.07) is 12.4. The summed E-state index contributed by atoms with van der Waals surface area (Å²) in [5.41, 5.74) is 2.18. The number of hydrogen-bond acceptors (Lipinski definition) is 5. The van der Waals surface area contributed by atoms with Crippen LogP contribution in [0.4, 0.5) is 5.13 Å². The van der Waals surface area contributed by atoms with Crippen LogP contribution in [0.5, 0.6) is 0 Å². The zero-order valence-electron chi connectivity index (χ0n) is 14.4. The fraction of sp³-hybridized carbons (Fsp3) is 0.150. The van der Waals surface area contributed by atoms with E-state index in [4.69, 9.17) is 27.9 Å². The van der Waals surface area contributed by atoms with Crippen molar-refractivity contribution in [2.75, 3.05) is 5.32 Å². The van der Waals surface area contributed by atoms with Gasteiger partial charge in [0, 0.05) is 34.0 Å². The van der Waals surface area contributed by atoms with Gasteiger partial charge in [0.05, 0.1) is 5.56 Å². The molecule has 1 aromatic heterocycles. The minimum absolute atomic E-state index is 0.337. The van der Waals surface area contributed by atoms with Crippen LogP contribution in [-0.2, 0) is 22.4 Å². The van der Waals surface area contributed by atoms with Crippen molar-refractivity contribution in [1.29, 1.82) is 0 Å². The van der Waals surface area contributed by atoms with E-state index in [1.54, 1.807) is 36.5 Å². The molecule has 2 heterocycles. The van der Waals surface area contributed by atoms with E-state index in [0.29, 0.717) is 33.6 Å². The Kier molecular flexibility index (Phi) is 5.35. The molecule has 0 aliphatic carbocycles. The first-order valence-corrected chi connectivity index (χ1v) is 10.1. The van der Waals surface area contributed by atoms with Crippen LogP contribution in [0.3, 0.4) is 0 Å². The highest BCUT2D eigenvalue weighted by atomic mass is 35.5. The fourth-order valence-electron chi connectivity index (χ4n) is 2.98. The lowest BCUT2D eigenvalue weighted by molar-refractivity contribution is -0.125. The molecule has 0 saturated carbocycles. The average Bonchev–Trinajstić information content (AvgIpc) is 3.11. The number of hydrogen-bond donors (Lipinski definition) is 1. The molecule has 5 nitrogen and oxygen atoms in total. The standard InChI is InChI=1S/C20H14Cl2N2O3S/c21-13-5-6-16(22)12(7-13)8-14-10-23-20(28-14)24-18(25)17-9-11-3-1-2-4-15(11)19(26)27-17/h1-7,10,17H,8-9H2,(H,23,24,25). The molecule has 3 aromatic rings. The second-order valence-electron chi connectivity index (χ2n) is 6.29. The van der Waals surface area contributed by atoms with Crippen molar-refractivity contribution in [2.45, 2.75) is 18.9 Å². The van der Waals surface area contributed by atoms with E-state index in [9.17, 15) is 9.59 Å². The maximum atomic E-state index is 12.5. The predicted octanol–water partition coefficient (Wildman–Crippen LogP) is 4.76. The molecule has 4 rings (SSSR count). The van der Waals surface area contributed by atoms with E-state index >= 15 is 0 Å². The predicted molar refractivity (Wildman–Crippen MR) is 109 cm³/mol. The molecule has 1 N–H and O–H groups in total. The third-order valence-corrected chi connectivity index (χ3v) is 5.86. The maximum Gasteiger partial charge on any atom is 0.339 e. The Labute approximate surface area is 175 Å². The molecule has 1 aliphatic heterocycles. The smallest absolute Gasteiger partial charge is 0.339 e. The molecule has 0 radical (unpaired) electrons. The van der Waals surface area contributed by atoms with Crippen LogP contribution >= 0.6 is 34.5 Å². The minimum Gasteiger partial charge on any atom is -0.448 e. The highest BCUT2D eigenvalue weighted by Crippen LogP contribution is 2.27. The minimum atomic E-state index is -0.878. The number of rotatable bonds is 4. The number of carbonyl (C=O) groups is 2. The normalized spacial score (nSPS) is 15.6. The van der Waals surface area contributed by atoms with Crippen molar-refractivity contribution in [3.8, 4) is 0 Å². The molecule has 0 saturated heterocycles. The monoisotopic (exact) mass is 432 g/mol. The summed E-state index contributed by atoms with van der Waals surface area (Å²) in [7, 11) is 0. The van der Waals surface area contributed by atoms with Crippen molar-refractivity contribution in [3.63, 3.8) is 0 Å². The van der Waals surface area contributed by atoms with Gasteiger partial charge in [-0.25, -0.2) is 9.78 Å². The molecule has 142 valence electrons. The highest BCUT2D eigenvalue weighted by Gasteiger charge is 2.31. The van der Waals surface area contributed by atoms with Crippen LogP contribution in [0.15, 0.2) is 48.7 Å². The van der Waals surface area contributed by atoms with Gasteiger partial charge >= 0.3 is 5.97 Å².